The van der Waals surface area contributed by atoms with Crippen molar-refractivity contribution in [3.8, 4) is 0 Å². The zero-order chi connectivity index (χ0) is 30.9. The van der Waals surface area contributed by atoms with Crippen molar-refractivity contribution >= 4 is 40.9 Å². The fourth-order valence-corrected chi connectivity index (χ4v) is 5.67. The van der Waals surface area contributed by atoms with Crippen LogP contribution in [0, 0.1) is 23.4 Å². The maximum atomic E-state index is 14.4. The van der Waals surface area contributed by atoms with Crippen LogP contribution >= 0.6 is 23.2 Å². The fraction of sp³-hybridized carbons (Fsp3) is 0.333. The van der Waals surface area contributed by atoms with E-state index in [0.29, 0.717) is 21.8 Å². The smallest absolute Gasteiger partial charge is 0.433 e. The van der Waals surface area contributed by atoms with Crippen LogP contribution in [0.3, 0.4) is 0 Å². The number of rotatable bonds is 8. The Bertz CT molecular complexity index is 1490. The summed E-state index contributed by atoms with van der Waals surface area (Å²) < 4.78 is 85.2. The van der Waals surface area contributed by atoms with Crippen LogP contribution in [-0.2, 0) is 17.5 Å². The highest BCUT2D eigenvalue weighted by molar-refractivity contribution is 6.40. The number of ketones is 1. The Balaban J connectivity index is 1.73. The number of carbonyl (C=O) groups is 3. The average molecular weight is 636 g/mol. The second-order valence-corrected chi connectivity index (χ2v) is 10.6. The normalized spacial score (nSPS) is 17.2. The number of alkyl halides is 3. The first-order valence-corrected chi connectivity index (χ1v) is 13.2. The van der Waals surface area contributed by atoms with Crippen LogP contribution in [0.25, 0.3) is 0 Å². The molecule has 0 radical (unpaired) electrons. The van der Waals surface area contributed by atoms with E-state index in [1.165, 1.54) is 0 Å². The number of halogens is 8. The van der Waals surface area contributed by atoms with Crippen molar-refractivity contribution in [3.05, 3.63) is 86.4 Å². The van der Waals surface area contributed by atoms with E-state index in [1.807, 2.05) is 0 Å². The number of carboxylic acid groups (broad SMARTS) is 1. The van der Waals surface area contributed by atoms with E-state index in [9.17, 15) is 45.8 Å². The van der Waals surface area contributed by atoms with Gasteiger partial charge in [-0.25, -0.2) is 13.2 Å². The number of hydrogen-bond donors (Lipinski definition) is 1. The van der Waals surface area contributed by atoms with Gasteiger partial charge in [0.25, 0.3) is 5.91 Å². The maximum Gasteiger partial charge on any atom is 0.433 e. The van der Waals surface area contributed by atoms with Crippen LogP contribution in [0.4, 0.5) is 26.3 Å². The van der Waals surface area contributed by atoms with E-state index < -0.39 is 93.2 Å². The highest BCUT2D eigenvalue weighted by atomic mass is 35.5. The average Bonchev–Trinajstić information content (AvgIpc) is 3.33. The van der Waals surface area contributed by atoms with Crippen molar-refractivity contribution in [2.24, 2.45) is 5.92 Å². The molecule has 1 fully saturated rings. The van der Waals surface area contributed by atoms with Gasteiger partial charge in [0.15, 0.2) is 11.5 Å². The molecule has 3 aromatic rings. The zero-order valence-electron chi connectivity index (χ0n) is 21.4. The van der Waals surface area contributed by atoms with Crippen LogP contribution in [0.2, 0.25) is 10.0 Å². The largest absolute Gasteiger partial charge is 0.481 e. The van der Waals surface area contributed by atoms with Gasteiger partial charge < -0.3 is 10.0 Å². The lowest BCUT2D eigenvalue weighted by Crippen LogP contribution is -2.37. The molecule has 42 heavy (non-hydrogen) atoms. The summed E-state index contributed by atoms with van der Waals surface area (Å²) in [4.78, 5) is 38.7. The molecule has 1 saturated carbocycles. The topological polar surface area (TPSA) is 92.5 Å². The molecule has 0 saturated heterocycles. The molecule has 0 unspecified atom stereocenters. The first-order chi connectivity index (χ1) is 19.6. The minimum atomic E-state index is -5.10. The Morgan fingerprint density at radius 1 is 0.929 bits per heavy atom. The number of carboxylic acids is 1. The van der Waals surface area contributed by atoms with Crippen molar-refractivity contribution < 1.29 is 45.8 Å². The quantitative estimate of drug-likeness (QED) is 0.213. The molecule has 15 heteroatoms. The Labute approximate surface area is 244 Å². The molecule has 0 aliphatic heterocycles. The number of Topliss-reactive ketones (excluding diaryl/α,β-unsaturated/α-hetero) is 1. The van der Waals surface area contributed by atoms with Crippen LogP contribution in [0.5, 0.6) is 0 Å². The van der Waals surface area contributed by atoms with E-state index >= 15 is 0 Å². The van der Waals surface area contributed by atoms with E-state index in [-0.39, 0.29) is 31.2 Å². The van der Waals surface area contributed by atoms with E-state index in [2.05, 4.69) is 5.10 Å². The predicted octanol–water partition coefficient (Wildman–Crippen LogP) is 6.97. The fourth-order valence-electron chi connectivity index (χ4n) is 5.00. The second-order valence-electron chi connectivity index (χ2n) is 9.80. The molecule has 1 aliphatic carbocycles. The van der Waals surface area contributed by atoms with Crippen molar-refractivity contribution in [3.63, 3.8) is 0 Å². The summed E-state index contributed by atoms with van der Waals surface area (Å²) in [6, 6.07) is 2.91. The lowest BCUT2D eigenvalue weighted by Gasteiger charge is -2.28. The third-order valence-electron chi connectivity index (χ3n) is 6.89. The molecule has 0 atom stereocenters. The molecule has 224 valence electrons. The Hall–Kier alpha value is -3.58. The molecule has 4 rings (SSSR count). The highest BCUT2D eigenvalue weighted by Crippen LogP contribution is 2.39. The summed E-state index contributed by atoms with van der Waals surface area (Å²) in [7, 11) is 0. The van der Waals surface area contributed by atoms with Crippen LogP contribution < -0.4 is 0 Å². The van der Waals surface area contributed by atoms with Gasteiger partial charge in [-0.15, -0.1) is 0 Å². The van der Waals surface area contributed by atoms with Crippen molar-refractivity contribution in [1.29, 1.82) is 0 Å². The number of amides is 1. The van der Waals surface area contributed by atoms with Crippen molar-refractivity contribution in [1.82, 2.24) is 14.7 Å². The maximum absolute atomic E-state index is 14.4. The molecular weight excluding hydrogens is 615 g/mol. The molecule has 1 aromatic heterocycles. The number of hydrogen-bond acceptors (Lipinski definition) is 4. The Morgan fingerprint density at radius 3 is 2.00 bits per heavy atom. The highest BCUT2D eigenvalue weighted by Gasteiger charge is 2.43. The summed E-state index contributed by atoms with van der Waals surface area (Å²) in [5.74, 6) is -7.04. The third-order valence-corrected chi connectivity index (χ3v) is 7.49. The molecule has 7 nitrogen and oxygen atoms in total. The summed E-state index contributed by atoms with van der Waals surface area (Å²) >= 11 is 11.9. The molecule has 1 amide bonds. The number of carbonyl (C=O) groups excluding carboxylic acids is 2. The van der Waals surface area contributed by atoms with Crippen LogP contribution in [-0.4, -0.2) is 44.0 Å². The summed E-state index contributed by atoms with van der Waals surface area (Å²) in [5.41, 5.74) is -2.96. The number of aliphatic carboxylic acids is 1. The lowest BCUT2D eigenvalue weighted by atomic mass is 9.86. The molecule has 1 heterocycles. The van der Waals surface area contributed by atoms with Gasteiger partial charge in [-0.1, -0.05) is 23.2 Å². The van der Waals surface area contributed by atoms with Gasteiger partial charge in [0.2, 0.25) is 0 Å². The summed E-state index contributed by atoms with van der Waals surface area (Å²) in [5, 5.41) is 12.2. The second kappa shape index (κ2) is 12.3. The molecule has 0 spiro atoms. The molecular formula is C27H21Cl2F6N3O4. The minimum Gasteiger partial charge on any atom is -0.481 e. The molecule has 2 aromatic carbocycles. The summed E-state index contributed by atoms with van der Waals surface area (Å²) in [6.45, 7) is -1.66. The molecule has 0 bridgehead atoms. The van der Waals surface area contributed by atoms with Crippen LogP contribution in [0.1, 0.15) is 63.7 Å². The monoisotopic (exact) mass is 635 g/mol. The third kappa shape index (κ3) is 6.89. The van der Waals surface area contributed by atoms with E-state index in [4.69, 9.17) is 23.2 Å². The van der Waals surface area contributed by atoms with Gasteiger partial charge >= 0.3 is 12.1 Å². The molecule has 1 aliphatic rings. The van der Waals surface area contributed by atoms with Crippen molar-refractivity contribution in [2.45, 2.75) is 44.4 Å². The first-order valence-electron chi connectivity index (χ1n) is 12.4. The lowest BCUT2D eigenvalue weighted by molar-refractivity contribution is -0.147. The minimum absolute atomic E-state index is 0.0572. The van der Waals surface area contributed by atoms with Gasteiger partial charge in [-0.2, -0.15) is 18.3 Å². The Kier molecular flexibility index (Phi) is 9.21. The number of nitrogens with zero attached hydrogens (tertiary/aromatic N) is 3. The zero-order valence-corrected chi connectivity index (χ0v) is 22.9. The number of aromatic nitrogens is 2. The number of benzene rings is 2. The Morgan fingerprint density at radius 2 is 1.48 bits per heavy atom. The summed E-state index contributed by atoms with van der Waals surface area (Å²) in [6.07, 6.45) is -4.11. The van der Waals surface area contributed by atoms with Gasteiger partial charge in [0.1, 0.15) is 17.5 Å². The first kappa shape index (κ1) is 31.4. The SMILES string of the molecule is O=C(CN(Cc1cc(F)cc(F)c1)C(=O)c1cnn(C2CCC(C(=O)O)CC2)c1C(F)(F)F)c1c(Cl)cc(F)cc1Cl. The van der Waals surface area contributed by atoms with Gasteiger partial charge in [0.05, 0.1) is 45.9 Å². The van der Waals surface area contributed by atoms with Gasteiger partial charge in [0, 0.05) is 12.6 Å². The van der Waals surface area contributed by atoms with E-state index in [1.54, 1.807) is 0 Å². The van der Waals surface area contributed by atoms with Gasteiger partial charge in [-0.3, -0.25) is 19.1 Å². The predicted molar refractivity (Wildman–Crippen MR) is 138 cm³/mol. The standard InChI is InChI=1S/C27H21Cl2F6N3O4/c28-20-8-17(32)9-21(29)23(20)22(39)12-37(11-13-5-15(30)7-16(31)6-13)25(40)19-10-36-38(24(19)27(33,34)35)18-3-1-14(2-4-18)26(41)42/h5-10,14,18H,1-4,11-12H2,(H,41,42). The molecule has 1 N–H and O–H groups in total. The van der Waals surface area contributed by atoms with Gasteiger partial charge in [-0.05, 0) is 55.5 Å². The van der Waals surface area contributed by atoms with Crippen molar-refractivity contribution in [2.75, 3.05) is 6.54 Å². The van der Waals surface area contributed by atoms with E-state index in [0.717, 1.165) is 24.3 Å². The van der Waals surface area contributed by atoms with Crippen LogP contribution in [0.15, 0.2) is 36.5 Å².